The molecule has 0 radical (unpaired) electrons. The third-order valence-electron chi connectivity index (χ3n) is 2.54. The number of nitrogens with two attached hydrogens (primary N) is 2. The highest BCUT2D eigenvalue weighted by molar-refractivity contribution is 7.98. The van der Waals surface area contributed by atoms with E-state index in [9.17, 15) is 0 Å². The summed E-state index contributed by atoms with van der Waals surface area (Å²) in [6.45, 7) is 1.82. The third kappa shape index (κ3) is 2.94. The first-order valence-electron chi connectivity index (χ1n) is 5.88. The number of nitrogen functional groups attached to an aromatic ring is 2. The molecule has 0 spiro atoms. The first-order valence-corrected chi connectivity index (χ1v) is 6.87. The maximum Gasteiger partial charge on any atom is 0.277 e. The van der Waals surface area contributed by atoms with Crippen LogP contribution in [-0.2, 0) is 5.75 Å². The SMILES string of the molecule is Cc1occc1-c1nnc(SCc2nc(N)nc(N)n2)o1. The first kappa shape index (κ1) is 13.4. The van der Waals surface area contributed by atoms with E-state index in [1.165, 1.54) is 11.8 Å². The highest BCUT2D eigenvalue weighted by Gasteiger charge is 2.14. The summed E-state index contributed by atoms with van der Waals surface area (Å²) in [5, 5.41) is 8.30. The quantitative estimate of drug-likeness (QED) is 0.676. The lowest BCUT2D eigenvalue weighted by atomic mass is 10.3. The summed E-state index contributed by atoms with van der Waals surface area (Å²) in [6, 6.07) is 1.77. The van der Waals surface area contributed by atoms with Crippen molar-refractivity contribution in [1.29, 1.82) is 0 Å². The Morgan fingerprint density at radius 2 is 1.90 bits per heavy atom. The van der Waals surface area contributed by atoms with Crippen LogP contribution in [0.1, 0.15) is 11.6 Å². The molecule has 0 bridgehead atoms. The van der Waals surface area contributed by atoms with E-state index in [1.54, 1.807) is 12.3 Å². The van der Waals surface area contributed by atoms with Gasteiger partial charge in [-0.25, -0.2) is 0 Å². The van der Waals surface area contributed by atoms with Gasteiger partial charge in [-0.1, -0.05) is 11.8 Å². The van der Waals surface area contributed by atoms with Crippen LogP contribution in [0, 0.1) is 6.92 Å². The predicted octanol–water partition coefficient (Wildman–Crippen LogP) is 1.28. The van der Waals surface area contributed by atoms with Crippen LogP contribution in [0.15, 0.2) is 26.4 Å². The first-order chi connectivity index (χ1) is 10.1. The lowest BCUT2D eigenvalue weighted by Gasteiger charge is -1.99. The van der Waals surface area contributed by atoms with Crippen molar-refractivity contribution < 1.29 is 8.83 Å². The highest BCUT2D eigenvalue weighted by Crippen LogP contribution is 2.27. The minimum absolute atomic E-state index is 0.0818. The second kappa shape index (κ2) is 5.40. The van der Waals surface area contributed by atoms with E-state index in [4.69, 9.17) is 20.3 Å². The molecule has 3 aromatic heterocycles. The van der Waals surface area contributed by atoms with Crippen LogP contribution in [0.4, 0.5) is 11.9 Å². The minimum atomic E-state index is 0.0818. The molecule has 10 heteroatoms. The monoisotopic (exact) mass is 305 g/mol. The Hall–Kier alpha value is -2.62. The summed E-state index contributed by atoms with van der Waals surface area (Å²) in [4.78, 5) is 11.6. The molecule has 0 saturated carbocycles. The Morgan fingerprint density at radius 1 is 1.14 bits per heavy atom. The van der Waals surface area contributed by atoms with Crippen LogP contribution in [0.2, 0.25) is 0 Å². The maximum atomic E-state index is 5.54. The van der Waals surface area contributed by atoms with Gasteiger partial charge in [-0.15, -0.1) is 10.2 Å². The second-order valence-corrected chi connectivity index (χ2v) is 4.95. The molecule has 0 fully saturated rings. The maximum absolute atomic E-state index is 5.54. The lowest BCUT2D eigenvalue weighted by molar-refractivity contribution is 0.463. The van der Waals surface area contributed by atoms with Crippen LogP contribution < -0.4 is 11.5 Å². The number of nitrogens with zero attached hydrogens (tertiary/aromatic N) is 5. The van der Waals surface area contributed by atoms with E-state index in [0.717, 1.165) is 5.56 Å². The smallest absolute Gasteiger partial charge is 0.277 e. The Labute approximate surface area is 123 Å². The normalized spacial score (nSPS) is 10.9. The van der Waals surface area contributed by atoms with Crippen molar-refractivity contribution in [3.8, 4) is 11.5 Å². The molecule has 0 unspecified atom stereocenters. The van der Waals surface area contributed by atoms with E-state index < -0.39 is 0 Å². The lowest BCUT2D eigenvalue weighted by Crippen LogP contribution is -2.05. The molecule has 0 aliphatic carbocycles. The van der Waals surface area contributed by atoms with E-state index in [2.05, 4.69) is 25.1 Å². The molecular formula is C11H11N7O2S. The summed E-state index contributed by atoms with van der Waals surface area (Å²) < 4.78 is 10.7. The molecule has 0 aliphatic rings. The van der Waals surface area contributed by atoms with Gasteiger partial charge < -0.3 is 20.3 Å². The van der Waals surface area contributed by atoms with Gasteiger partial charge in [0.25, 0.3) is 11.1 Å². The molecular weight excluding hydrogens is 294 g/mol. The zero-order valence-electron chi connectivity index (χ0n) is 11.0. The Kier molecular flexibility index (Phi) is 3.44. The van der Waals surface area contributed by atoms with E-state index in [-0.39, 0.29) is 11.9 Å². The number of hydrogen-bond donors (Lipinski definition) is 2. The van der Waals surface area contributed by atoms with E-state index in [1.807, 2.05) is 6.92 Å². The molecule has 9 nitrogen and oxygen atoms in total. The fourth-order valence-electron chi connectivity index (χ4n) is 1.63. The standard InChI is InChI=1S/C11H11N7O2S/c1-5-6(2-3-19-5)8-17-18-11(20-8)21-4-7-14-9(12)16-10(13)15-7/h2-3H,4H2,1H3,(H4,12,13,14,15,16). The highest BCUT2D eigenvalue weighted by atomic mass is 32.2. The molecule has 4 N–H and O–H groups in total. The van der Waals surface area contributed by atoms with Crippen molar-refractivity contribution in [2.24, 2.45) is 0 Å². The summed E-state index contributed by atoms with van der Waals surface area (Å²) >= 11 is 1.28. The van der Waals surface area contributed by atoms with Crippen molar-refractivity contribution in [2.45, 2.75) is 17.9 Å². The van der Waals surface area contributed by atoms with Crippen LogP contribution in [0.5, 0.6) is 0 Å². The number of anilines is 2. The van der Waals surface area contributed by atoms with Gasteiger partial charge in [0.2, 0.25) is 11.9 Å². The average molecular weight is 305 g/mol. The van der Waals surface area contributed by atoms with Gasteiger partial charge in [-0.05, 0) is 13.0 Å². The minimum Gasteiger partial charge on any atom is -0.469 e. The number of thioether (sulfide) groups is 1. The number of furan rings is 1. The van der Waals surface area contributed by atoms with Gasteiger partial charge in [0.05, 0.1) is 17.6 Å². The van der Waals surface area contributed by atoms with Gasteiger partial charge in [0, 0.05) is 0 Å². The van der Waals surface area contributed by atoms with Crippen molar-refractivity contribution in [3.05, 3.63) is 23.9 Å². The molecule has 3 aromatic rings. The van der Waals surface area contributed by atoms with Crippen molar-refractivity contribution in [2.75, 3.05) is 11.5 Å². The molecule has 108 valence electrons. The fourth-order valence-corrected chi connectivity index (χ4v) is 2.25. The number of aryl methyl sites for hydroxylation is 1. The summed E-state index contributed by atoms with van der Waals surface area (Å²) in [7, 11) is 0. The van der Waals surface area contributed by atoms with Crippen LogP contribution in [0.25, 0.3) is 11.5 Å². The van der Waals surface area contributed by atoms with Gasteiger partial charge in [-0.3, -0.25) is 0 Å². The third-order valence-corrected chi connectivity index (χ3v) is 3.35. The molecule has 0 saturated heterocycles. The predicted molar refractivity (Wildman–Crippen MR) is 74.9 cm³/mol. The molecule has 0 aliphatic heterocycles. The summed E-state index contributed by atoms with van der Waals surface area (Å²) in [5.41, 5.74) is 11.8. The van der Waals surface area contributed by atoms with E-state index in [0.29, 0.717) is 28.5 Å². The molecule has 3 heterocycles. The van der Waals surface area contributed by atoms with E-state index >= 15 is 0 Å². The molecule has 0 amide bonds. The number of rotatable bonds is 4. The van der Waals surface area contributed by atoms with Crippen molar-refractivity contribution >= 4 is 23.7 Å². The largest absolute Gasteiger partial charge is 0.469 e. The van der Waals surface area contributed by atoms with Crippen molar-refractivity contribution in [1.82, 2.24) is 25.1 Å². The second-order valence-electron chi connectivity index (χ2n) is 4.02. The van der Waals surface area contributed by atoms with Crippen LogP contribution in [0.3, 0.4) is 0 Å². The molecule has 21 heavy (non-hydrogen) atoms. The van der Waals surface area contributed by atoms with Crippen LogP contribution in [-0.4, -0.2) is 25.1 Å². The van der Waals surface area contributed by atoms with Gasteiger partial charge in [-0.2, -0.15) is 15.0 Å². The summed E-state index contributed by atoms with van der Waals surface area (Å²) in [5.74, 6) is 2.12. The Morgan fingerprint density at radius 3 is 2.57 bits per heavy atom. The van der Waals surface area contributed by atoms with Gasteiger partial charge in [0.15, 0.2) is 0 Å². The van der Waals surface area contributed by atoms with Gasteiger partial charge in [0.1, 0.15) is 11.6 Å². The number of hydrogen-bond acceptors (Lipinski definition) is 10. The molecule has 0 aromatic carbocycles. The van der Waals surface area contributed by atoms with Gasteiger partial charge >= 0.3 is 0 Å². The summed E-state index contributed by atoms with van der Waals surface area (Å²) in [6.07, 6.45) is 1.57. The number of aromatic nitrogens is 5. The van der Waals surface area contributed by atoms with Crippen LogP contribution >= 0.6 is 11.8 Å². The zero-order valence-corrected chi connectivity index (χ0v) is 11.8. The average Bonchev–Trinajstić information content (AvgIpc) is 3.03. The molecule has 3 rings (SSSR count). The Balaban J connectivity index is 1.72. The fraction of sp³-hybridized carbons (Fsp3) is 0.182. The van der Waals surface area contributed by atoms with Crippen molar-refractivity contribution in [3.63, 3.8) is 0 Å². The Bertz CT molecular complexity index is 749. The topological polar surface area (TPSA) is 143 Å². The molecule has 0 atom stereocenters. The zero-order chi connectivity index (χ0) is 14.8.